The Labute approximate surface area is 95.2 Å². The van der Waals surface area contributed by atoms with E-state index >= 15 is 0 Å². The monoisotopic (exact) mass is 274 g/mol. The molecule has 0 aromatic heterocycles. The van der Waals surface area contributed by atoms with Crippen LogP contribution >= 0.6 is 15.9 Å². The van der Waals surface area contributed by atoms with Crippen molar-refractivity contribution in [2.45, 2.75) is 12.5 Å². The van der Waals surface area contributed by atoms with Crippen LogP contribution in [0.3, 0.4) is 0 Å². The van der Waals surface area contributed by atoms with Crippen molar-refractivity contribution >= 4 is 21.6 Å². The number of hydrogen-bond donors (Lipinski definition) is 2. The summed E-state index contributed by atoms with van der Waals surface area (Å²) in [4.78, 5) is 10.1. The molecule has 0 amide bonds. The maximum Gasteiger partial charge on any atom is 0.270 e. The van der Waals surface area contributed by atoms with Crippen LogP contribution in [-0.4, -0.2) is 16.6 Å². The van der Waals surface area contributed by atoms with Gasteiger partial charge in [0, 0.05) is 16.6 Å². The molecule has 1 aromatic carbocycles. The highest BCUT2D eigenvalue weighted by atomic mass is 79.9. The lowest BCUT2D eigenvalue weighted by molar-refractivity contribution is -0.385. The number of rotatable bonds is 4. The van der Waals surface area contributed by atoms with Crippen LogP contribution in [0.25, 0.3) is 0 Å². The van der Waals surface area contributed by atoms with Crippen LogP contribution in [0.5, 0.6) is 0 Å². The van der Waals surface area contributed by atoms with E-state index < -0.39 is 11.0 Å². The Bertz CT molecular complexity index is 370. The molecule has 6 heteroatoms. The molecule has 0 saturated carbocycles. The fraction of sp³-hybridized carbons (Fsp3) is 0.333. The lowest BCUT2D eigenvalue weighted by Gasteiger charge is -2.09. The van der Waals surface area contributed by atoms with E-state index in [0.29, 0.717) is 23.0 Å². The molecular weight excluding hydrogens is 264 g/mol. The van der Waals surface area contributed by atoms with Crippen molar-refractivity contribution < 1.29 is 10.0 Å². The van der Waals surface area contributed by atoms with Gasteiger partial charge < -0.3 is 10.8 Å². The van der Waals surface area contributed by atoms with Crippen molar-refractivity contribution in [2.75, 3.05) is 6.54 Å². The van der Waals surface area contributed by atoms with Gasteiger partial charge >= 0.3 is 0 Å². The van der Waals surface area contributed by atoms with Gasteiger partial charge in [-0.05, 0) is 24.6 Å². The largest absolute Gasteiger partial charge is 0.388 e. The van der Waals surface area contributed by atoms with Crippen LogP contribution in [0.15, 0.2) is 22.7 Å². The highest BCUT2D eigenvalue weighted by Gasteiger charge is 2.13. The van der Waals surface area contributed by atoms with Crippen LogP contribution in [-0.2, 0) is 0 Å². The molecule has 0 saturated heterocycles. The fourth-order valence-electron chi connectivity index (χ4n) is 1.22. The van der Waals surface area contributed by atoms with E-state index in [4.69, 9.17) is 5.73 Å². The highest BCUT2D eigenvalue weighted by Crippen LogP contribution is 2.26. The highest BCUT2D eigenvalue weighted by molar-refractivity contribution is 9.10. The molecule has 1 rings (SSSR count). The lowest BCUT2D eigenvalue weighted by Crippen LogP contribution is -2.07. The van der Waals surface area contributed by atoms with Crippen LogP contribution in [0, 0.1) is 10.1 Å². The SMILES string of the molecule is NCCC(O)c1cc(Br)cc([N+](=O)[O-])c1. The summed E-state index contributed by atoms with van der Waals surface area (Å²) >= 11 is 3.15. The van der Waals surface area contributed by atoms with Crippen LogP contribution in [0.4, 0.5) is 5.69 Å². The van der Waals surface area contributed by atoms with E-state index in [1.54, 1.807) is 6.07 Å². The second-order valence-corrected chi connectivity index (χ2v) is 4.01. The first-order valence-electron chi connectivity index (χ1n) is 4.37. The number of nitro groups is 1. The van der Waals surface area contributed by atoms with Crippen LogP contribution in [0.2, 0.25) is 0 Å². The zero-order valence-corrected chi connectivity index (χ0v) is 9.48. The van der Waals surface area contributed by atoms with Crippen molar-refractivity contribution in [3.63, 3.8) is 0 Å². The molecule has 82 valence electrons. The van der Waals surface area contributed by atoms with E-state index in [2.05, 4.69) is 15.9 Å². The summed E-state index contributed by atoms with van der Waals surface area (Å²) in [5.74, 6) is 0. The second kappa shape index (κ2) is 5.20. The van der Waals surface area contributed by atoms with E-state index in [0.717, 1.165) is 0 Å². The Morgan fingerprint density at radius 3 is 2.73 bits per heavy atom. The number of benzene rings is 1. The van der Waals surface area contributed by atoms with Gasteiger partial charge in [-0.2, -0.15) is 0 Å². The van der Waals surface area contributed by atoms with Crippen molar-refractivity contribution in [1.82, 2.24) is 0 Å². The molecule has 3 N–H and O–H groups in total. The van der Waals surface area contributed by atoms with Gasteiger partial charge in [-0.1, -0.05) is 15.9 Å². The van der Waals surface area contributed by atoms with Crippen LogP contribution < -0.4 is 5.73 Å². The van der Waals surface area contributed by atoms with Gasteiger partial charge in [-0.25, -0.2) is 0 Å². The molecule has 0 fully saturated rings. The maximum absolute atomic E-state index is 10.6. The molecule has 1 aromatic rings. The number of aliphatic hydroxyl groups excluding tert-OH is 1. The topological polar surface area (TPSA) is 89.4 Å². The molecule has 0 spiro atoms. The summed E-state index contributed by atoms with van der Waals surface area (Å²) in [5, 5.41) is 20.2. The number of non-ortho nitro benzene ring substituents is 1. The van der Waals surface area contributed by atoms with E-state index in [1.807, 2.05) is 0 Å². The average Bonchev–Trinajstić information content (AvgIpc) is 2.17. The van der Waals surface area contributed by atoms with E-state index in [9.17, 15) is 15.2 Å². The van der Waals surface area contributed by atoms with Gasteiger partial charge in [-0.3, -0.25) is 10.1 Å². The molecule has 1 unspecified atom stereocenters. The van der Waals surface area contributed by atoms with Crippen molar-refractivity contribution in [3.05, 3.63) is 38.3 Å². The summed E-state index contributed by atoms with van der Waals surface area (Å²) < 4.78 is 0.572. The third-order valence-electron chi connectivity index (χ3n) is 1.94. The zero-order chi connectivity index (χ0) is 11.4. The summed E-state index contributed by atoms with van der Waals surface area (Å²) in [5.41, 5.74) is 5.75. The third kappa shape index (κ3) is 3.26. The average molecular weight is 275 g/mol. The normalized spacial score (nSPS) is 12.5. The third-order valence-corrected chi connectivity index (χ3v) is 2.40. The molecule has 0 aliphatic carbocycles. The van der Waals surface area contributed by atoms with E-state index in [-0.39, 0.29) is 5.69 Å². The standard InChI is InChI=1S/C9H11BrN2O3/c10-7-3-6(9(13)1-2-11)4-8(5-7)12(14)15/h3-5,9,13H,1-2,11H2. The second-order valence-electron chi connectivity index (χ2n) is 3.09. The fourth-order valence-corrected chi connectivity index (χ4v) is 1.72. The Kier molecular flexibility index (Phi) is 4.19. The quantitative estimate of drug-likeness (QED) is 0.647. The maximum atomic E-state index is 10.6. The van der Waals surface area contributed by atoms with Gasteiger partial charge in [0.2, 0.25) is 0 Å². The number of aliphatic hydroxyl groups is 1. The Morgan fingerprint density at radius 1 is 1.53 bits per heavy atom. The molecule has 1 atom stereocenters. The van der Waals surface area contributed by atoms with Gasteiger partial charge in [-0.15, -0.1) is 0 Å². The minimum Gasteiger partial charge on any atom is -0.388 e. The summed E-state index contributed by atoms with van der Waals surface area (Å²) in [6.45, 7) is 0.335. The number of halogens is 1. The van der Waals surface area contributed by atoms with Gasteiger partial charge in [0.1, 0.15) is 0 Å². The number of hydrogen-bond acceptors (Lipinski definition) is 4. The summed E-state index contributed by atoms with van der Waals surface area (Å²) in [7, 11) is 0. The Balaban J connectivity index is 3.03. The first kappa shape index (κ1) is 12.1. The van der Waals surface area contributed by atoms with Gasteiger partial charge in [0.25, 0.3) is 5.69 Å². The molecule has 0 aliphatic rings. The van der Waals surface area contributed by atoms with Crippen molar-refractivity contribution in [2.24, 2.45) is 5.73 Å². The van der Waals surface area contributed by atoms with Crippen LogP contribution in [0.1, 0.15) is 18.1 Å². The minimum absolute atomic E-state index is 0.0459. The summed E-state index contributed by atoms with van der Waals surface area (Å²) in [6, 6.07) is 4.39. The predicted octanol–water partition coefficient (Wildman–Crippen LogP) is 1.74. The first-order chi connectivity index (χ1) is 7.04. The Morgan fingerprint density at radius 2 is 2.20 bits per heavy atom. The van der Waals surface area contributed by atoms with Gasteiger partial charge in [0.05, 0.1) is 11.0 Å². The molecule has 0 bridgehead atoms. The molecule has 0 aliphatic heterocycles. The summed E-state index contributed by atoms with van der Waals surface area (Å²) in [6.07, 6.45) is -0.376. The molecule has 0 radical (unpaired) electrons. The number of nitrogens with zero attached hydrogens (tertiary/aromatic N) is 1. The number of nitrogens with two attached hydrogens (primary N) is 1. The predicted molar refractivity (Wildman–Crippen MR) is 59.4 cm³/mol. The van der Waals surface area contributed by atoms with E-state index in [1.165, 1.54) is 12.1 Å². The van der Waals surface area contributed by atoms with Crippen molar-refractivity contribution in [1.29, 1.82) is 0 Å². The molecule has 15 heavy (non-hydrogen) atoms. The Hall–Kier alpha value is -0.980. The van der Waals surface area contributed by atoms with Gasteiger partial charge in [0.15, 0.2) is 0 Å². The molecule has 0 heterocycles. The lowest BCUT2D eigenvalue weighted by atomic mass is 10.1. The number of nitro benzene ring substituents is 1. The molecule has 5 nitrogen and oxygen atoms in total. The van der Waals surface area contributed by atoms with Crippen molar-refractivity contribution in [3.8, 4) is 0 Å². The first-order valence-corrected chi connectivity index (χ1v) is 5.17. The zero-order valence-electron chi connectivity index (χ0n) is 7.89. The smallest absolute Gasteiger partial charge is 0.270 e. The molecular formula is C9H11BrN2O3. The minimum atomic E-state index is -0.758.